The minimum absolute atomic E-state index is 0.0894. The molecule has 6 heteroatoms. The molecule has 0 aromatic heterocycles. The molecule has 4 atom stereocenters. The molecule has 1 aliphatic heterocycles. The summed E-state index contributed by atoms with van der Waals surface area (Å²) in [6, 6.07) is 7.57. The monoisotopic (exact) mass is 365 g/mol. The smallest absolute Gasteiger partial charge is 0.191 e. The molecule has 25 heavy (non-hydrogen) atoms. The highest BCUT2D eigenvalue weighted by Gasteiger charge is 2.59. The summed E-state index contributed by atoms with van der Waals surface area (Å²) in [5.41, 5.74) is 0.906. The second-order valence-corrected chi connectivity index (χ2v) is 7.91. The lowest BCUT2D eigenvalue weighted by molar-refractivity contribution is -0.106. The highest BCUT2D eigenvalue weighted by molar-refractivity contribution is 6.30. The number of nitrogens with one attached hydrogen (secondary N) is 2. The number of nitrogens with zero attached hydrogens (tertiary/aromatic N) is 1. The number of hydrogen-bond acceptors (Lipinski definition) is 3. The first-order valence-electron chi connectivity index (χ1n) is 9.03. The van der Waals surface area contributed by atoms with Gasteiger partial charge in [-0.2, -0.15) is 0 Å². The van der Waals surface area contributed by atoms with Crippen LogP contribution in [0.3, 0.4) is 0 Å². The summed E-state index contributed by atoms with van der Waals surface area (Å²) in [5.74, 6) is 1.29. The van der Waals surface area contributed by atoms with E-state index >= 15 is 0 Å². The van der Waals surface area contributed by atoms with E-state index in [9.17, 15) is 5.11 Å². The van der Waals surface area contributed by atoms with E-state index in [1.54, 1.807) is 12.1 Å². The Morgan fingerprint density at radius 1 is 1.40 bits per heavy atom. The first kappa shape index (κ1) is 18.5. The predicted octanol–water partition coefficient (Wildman–Crippen LogP) is 2.74. The lowest BCUT2D eigenvalue weighted by Gasteiger charge is -2.54. The minimum atomic E-state index is -0.648. The van der Waals surface area contributed by atoms with Gasteiger partial charge in [0.05, 0.1) is 18.8 Å². The van der Waals surface area contributed by atoms with Crippen molar-refractivity contribution in [3.63, 3.8) is 0 Å². The van der Waals surface area contributed by atoms with E-state index in [1.165, 1.54) is 0 Å². The van der Waals surface area contributed by atoms with Gasteiger partial charge in [0.15, 0.2) is 5.96 Å². The molecule has 0 amide bonds. The summed E-state index contributed by atoms with van der Waals surface area (Å²) < 4.78 is 5.85. The summed E-state index contributed by atoms with van der Waals surface area (Å²) in [7, 11) is 0. The third kappa shape index (κ3) is 3.78. The van der Waals surface area contributed by atoms with Crippen LogP contribution < -0.4 is 10.6 Å². The molecule has 0 spiro atoms. The molecule has 1 saturated heterocycles. The number of hydrogen-bond donors (Lipinski definition) is 3. The molecule has 5 nitrogen and oxygen atoms in total. The van der Waals surface area contributed by atoms with Crippen molar-refractivity contribution in [2.24, 2.45) is 16.3 Å². The van der Waals surface area contributed by atoms with Crippen LogP contribution in [-0.4, -0.2) is 42.9 Å². The Bertz CT molecular complexity index is 618. The Morgan fingerprint density at radius 3 is 2.80 bits per heavy atom. The van der Waals surface area contributed by atoms with Crippen molar-refractivity contribution < 1.29 is 9.84 Å². The van der Waals surface area contributed by atoms with E-state index < -0.39 is 6.10 Å². The fourth-order valence-electron chi connectivity index (χ4n) is 4.05. The predicted molar refractivity (Wildman–Crippen MR) is 101 cm³/mol. The van der Waals surface area contributed by atoms with Crippen LogP contribution in [0.1, 0.15) is 38.9 Å². The van der Waals surface area contributed by atoms with Gasteiger partial charge in [0.1, 0.15) is 0 Å². The molecule has 1 aromatic rings. The number of aliphatic imine (C=N–C) groups is 1. The topological polar surface area (TPSA) is 65.9 Å². The van der Waals surface area contributed by atoms with Crippen LogP contribution >= 0.6 is 11.6 Å². The van der Waals surface area contributed by atoms with E-state index in [1.807, 2.05) is 19.1 Å². The van der Waals surface area contributed by atoms with E-state index in [4.69, 9.17) is 16.3 Å². The largest absolute Gasteiger partial charge is 0.386 e. The second kappa shape index (κ2) is 7.52. The molecule has 3 N–H and O–H groups in total. The fraction of sp³-hybridized carbons (Fsp3) is 0.632. The van der Waals surface area contributed by atoms with Crippen molar-refractivity contribution >= 4 is 17.6 Å². The number of aliphatic hydroxyl groups excluding tert-OH is 1. The standard InChI is InChI=1S/C19H28ClN3O2/c1-4-21-18(22-11-15(24)12-5-7-13(20)8-6-12)23-16-14-9-10-25-17(14)19(16,2)3/h5-8,14-17,24H,4,9-11H2,1-3H3,(H2,21,22,23). The van der Waals surface area contributed by atoms with Gasteiger partial charge in [-0.3, -0.25) is 4.99 Å². The SMILES string of the molecule is CCNC(=NCC(O)c1ccc(Cl)cc1)NC1C2CCOC2C1(C)C. The average Bonchev–Trinajstić information content (AvgIpc) is 3.04. The highest BCUT2D eigenvalue weighted by Crippen LogP contribution is 2.52. The van der Waals surface area contributed by atoms with E-state index in [-0.39, 0.29) is 5.41 Å². The molecule has 1 saturated carbocycles. The maximum atomic E-state index is 10.4. The molecule has 1 heterocycles. The van der Waals surface area contributed by atoms with Crippen LogP contribution in [0, 0.1) is 11.3 Å². The van der Waals surface area contributed by atoms with Gasteiger partial charge in [-0.05, 0) is 31.0 Å². The third-order valence-electron chi connectivity index (χ3n) is 5.41. The zero-order valence-corrected chi connectivity index (χ0v) is 15.9. The number of halogens is 1. The van der Waals surface area contributed by atoms with E-state index in [0.29, 0.717) is 29.6 Å². The average molecular weight is 366 g/mol. The van der Waals surface area contributed by atoms with Gasteiger partial charge >= 0.3 is 0 Å². The molecule has 2 aliphatic rings. The van der Waals surface area contributed by atoms with Crippen molar-refractivity contribution in [2.75, 3.05) is 19.7 Å². The van der Waals surface area contributed by atoms with Crippen molar-refractivity contribution in [2.45, 2.75) is 45.4 Å². The molecule has 4 unspecified atom stereocenters. The Labute approximate surface area is 154 Å². The van der Waals surface area contributed by atoms with Crippen LogP contribution in [0.5, 0.6) is 0 Å². The zero-order chi connectivity index (χ0) is 18.0. The van der Waals surface area contributed by atoms with Crippen molar-refractivity contribution in [3.05, 3.63) is 34.9 Å². The van der Waals surface area contributed by atoms with E-state index in [2.05, 4.69) is 29.5 Å². The Hall–Kier alpha value is -1.30. The summed E-state index contributed by atoms with van der Waals surface area (Å²) in [5, 5.41) is 17.9. The zero-order valence-electron chi connectivity index (χ0n) is 15.1. The number of fused-ring (bicyclic) bond motifs is 1. The lowest BCUT2D eigenvalue weighted by atomic mass is 9.57. The van der Waals surface area contributed by atoms with Crippen molar-refractivity contribution in [1.82, 2.24) is 10.6 Å². The number of guanidine groups is 1. The van der Waals surface area contributed by atoms with Crippen LogP contribution in [0.4, 0.5) is 0 Å². The molecule has 138 valence electrons. The van der Waals surface area contributed by atoms with Gasteiger partial charge in [0.25, 0.3) is 0 Å². The number of rotatable bonds is 5. The van der Waals surface area contributed by atoms with Gasteiger partial charge in [0.2, 0.25) is 0 Å². The molecule has 1 aliphatic carbocycles. The molecule has 2 fully saturated rings. The molecule has 3 rings (SSSR count). The second-order valence-electron chi connectivity index (χ2n) is 7.47. The number of benzene rings is 1. The molecular weight excluding hydrogens is 338 g/mol. The summed E-state index contributed by atoms with van der Waals surface area (Å²) in [4.78, 5) is 4.58. The normalized spacial score (nSPS) is 28.8. The molecule has 1 aromatic carbocycles. The summed E-state index contributed by atoms with van der Waals surface area (Å²) in [6.45, 7) is 8.45. The van der Waals surface area contributed by atoms with Crippen LogP contribution in [0.25, 0.3) is 0 Å². The van der Waals surface area contributed by atoms with Crippen LogP contribution in [0.15, 0.2) is 29.3 Å². The van der Waals surface area contributed by atoms with Gasteiger partial charge in [-0.1, -0.05) is 37.6 Å². The van der Waals surface area contributed by atoms with Gasteiger partial charge in [0, 0.05) is 35.5 Å². The first-order valence-corrected chi connectivity index (χ1v) is 9.41. The summed E-state index contributed by atoms with van der Waals surface area (Å²) >= 11 is 5.90. The third-order valence-corrected chi connectivity index (χ3v) is 5.67. The quantitative estimate of drug-likeness (QED) is 0.554. The van der Waals surface area contributed by atoms with Crippen molar-refractivity contribution in [1.29, 1.82) is 0 Å². The lowest BCUT2D eigenvalue weighted by Crippen LogP contribution is -2.68. The van der Waals surface area contributed by atoms with Crippen LogP contribution in [0.2, 0.25) is 5.02 Å². The Balaban J connectivity index is 1.64. The maximum absolute atomic E-state index is 10.4. The minimum Gasteiger partial charge on any atom is -0.386 e. The van der Waals surface area contributed by atoms with Gasteiger partial charge < -0.3 is 20.5 Å². The van der Waals surface area contributed by atoms with Crippen molar-refractivity contribution in [3.8, 4) is 0 Å². The Morgan fingerprint density at radius 2 is 2.12 bits per heavy atom. The molecule has 0 bridgehead atoms. The molecule has 0 radical (unpaired) electrons. The molecular formula is C19H28ClN3O2. The van der Waals surface area contributed by atoms with Gasteiger partial charge in [-0.15, -0.1) is 0 Å². The van der Waals surface area contributed by atoms with Crippen LogP contribution in [-0.2, 0) is 4.74 Å². The Kier molecular flexibility index (Phi) is 5.56. The highest BCUT2D eigenvalue weighted by atomic mass is 35.5. The number of ether oxygens (including phenoxy) is 1. The fourth-order valence-corrected chi connectivity index (χ4v) is 4.18. The summed E-state index contributed by atoms with van der Waals surface area (Å²) in [6.07, 6.45) is 0.788. The van der Waals surface area contributed by atoms with Gasteiger partial charge in [-0.25, -0.2) is 0 Å². The maximum Gasteiger partial charge on any atom is 0.191 e. The van der Waals surface area contributed by atoms with E-state index in [0.717, 1.165) is 31.1 Å². The number of aliphatic hydroxyl groups is 1. The first-order chi connectivity index (χ1) is 11.9.